The number of carbonyl (C=O) groups is 1. The van der Waals surface area contributed by atoms with E-state index in [0.717, 1.165) is 62.4 Å². The van der Waals surface area contributed by atoms with Crippen molar-refractivity contribution in [3.8, 4) is 0 Å². The molecule has 1 aromatic heterocycles. The molecule has 0 spiro atoms. The minimum Gasteiger partial charge on any atom is -0.338 e. The lowest BCUT2D eigenvalue weighted by Gasteiger charge is -2.30. The summed E-state index contributed by atoms with van der Waals surface area (Å²) < 4.78 is 0. The molecular weight excluding hydrogens is 276 g/mol. The molecule has 0 radical (unpaired) electrons. The molecule has 0 bridgehead atoms. The zero-order chi connectivity index (χ0) is 14.9. The Morgan fingerprint density at radius 1 is 1.27 bits per heavy atom. The van der Waals surface area contributed by atoms with Crippen molar-refractivity contribution in [2.75, 3.05) is 19.6 Å². The maximum Gasteiger partial charge on any atom is 0.225 e. The lowest BCUT2D eigenvalue weighted by atomic mass is 10.0. The van der Waals surface area contributed by atoms with Crippen LogP contribution in [-0.2, 0) is 17.8 Å². The standard InChI is InChI=1S/C17H24N4O/c22-17(12-3-1-2-4-12)21-8-6-15-14(11-21)10-19-16(20-15)13-5-7-18-9-13/h10,12-13,18H,1-9,11H2/t13-/m0/s1. The molecule has 0 aromatic carbocycles. The highest BCUT2D eigenvalue weighted by Gasteiger charge is 2.30. The van der Waals surface area contributed by atoms with E-state index >= 15 is 0 Å². The van der Waals surface area contributed by atoms with E-state index in [1.165, 1.54) is 12.8 Å². The second kappa shape index (κ2) is 5.95. The van der Waals surface area contributed by atoms with Crippen LogP contribution in [0.5, 0.6) is 0 Å². The highest BCUT2D eigenvalue weighted by molar-refractivity contribution is 5.79. The van der Waals surface area contributed by atoms with Crippen molar-refractivity contribution in [3.63, 3.8) is 0 Å². The summed E-state index contributed by atoms with van der Waals surface area (Å²) >= 11 is 0. The van der Waals surface area contributed by atoms with Crippen molar-refractivity contribution in [2.24, 2.45) is 5.92 Å². The van der Waals surface area contributed by atoms with Crippen LogP contribution in [0.15, 0.2) is 6.20 Å². The lowest BCUT2D eigenvalue weighted by molar-refractivity contribution is -0.136. The molecule has 3 aliphatic rings. The number of aromatic nitrogens is 2. The van der Waals surface area contributed by atoms with Gasteiger partial charge in [-0.1, -0.05) is 12.8 Å². The summed E-state index contributed by atoms with van der Waals surface area (Å²) in [6, 6.07) is 0. The third-order valence-electron chi connectivity index (χ3n) is 5.39. The van der Waals surface area contributed by atoms with E-state index in [-0.39, 0.29) is 5.92 Å². The molecule has 1 saturated heterocycles. The smallest absolute Gasteiger partial charge is 0.225 e. The first-order valence-electron chi connectivity index (χ1n) is 8.65. The molecule has 5 nitrogen and oxygen atoms in total. The highest BCUT2D eigenvalue weighted by Crippen LogP contribution is 2.29. The Hall–Kier alpha value is -1.49. The average Bonchev–Trinajstić information content (AvgIpc) is 3.26. The molecule has 118 valence electrons. The Morgan fingerprint density at radius 2 is 2.14 bits per heavy atom. The van der Waals surface area contributed by atoms with Gasteiger partial charge in [0.05, 0.1) is 5.69 Å². The summed E-state index contributed by atoms with van der Waals surface area (Å²) in [7, 11) is 0. The Bertz CT molecular complexity index is 562. The number of hydrogen-bond acceptors (Lipinski definition) is 4. The number of hydrogen-bond donors (Lipinski definition) is 1. The van der Waals surface area contributed by atoms with Gasteiger partial charge in [-0.05, 0) is 25.8 Å². The van der Waals surface area contributed by atoms with Crippen molar-refractivity contribution >= 4 is 5.91 Å². The van der Waals surface area contributed by atoms with E-state index in [1.807, 2.05) is 11.1 Å². The first-order valence-corrected chi connectivity index (χ1v) is 8.65. The fourth-order valence-corrected chi connectivity index (χ4v) is 4.02. The van der Waals surface area contributed by atoms with Crippen molar-refractivity contribution in [3.05, 3.63) is 23.3 Å². The quantitative estimate of drug-likeness (QED) is 0.902. The molecule has 2 aliphatic heterocycles. The maximum absolute atomic E-state index is 12.6. The van der Waals surface area contributed by atoms with E-state index in [9.17, 15) is 4.79 Å². The van der Waals surface area contributed by atoms with Gasteiger partial charge in [0, 0.05) is 49.7 Å². The van der Waals surface area contributed by atoms with Crippen molar-refractivity contribution < 1.29 is 4.79 Å². The Labute approximate surface area is 131 Å². The molecule has 1 atom stereocenters. The zero-order valence-electron chi connectivity index (χ0n) is 13.1. The molecule has 1 aromatic rings. The molecule has 0 unspecified atom stereocenters. The molecule has 22 heavy (non-hydrogen) atoms. The van der Waals surface area contributed by atoms with Crippen LogP contribution in [0.25, 0.3) is 0 Å². The predicted molar refractivity (Wildman–Crippen MR) is 83.3 cm³/mol. The zero-order valence-corrected chi connectivity index (χ0v) is 13.1. The van der Waals surface area contributed by atoms with Gasteiger partial charge in [0.25, 0.3) is 0 Å². The van der Waals surface area contributed by atoms with Crippen LogP contribution in [-0.4, -0.2) is 40.4 Å². The van der Waals surface area contributed by atoms with Gasteiger partial charge < -0.3 is 10.2 Å². The molecule has 3 heterocycles. The first-order chi connectivity index (χ1) is 10.8. The molecule has 1 N–H and O–H groups in total. The SMILES string of the molecule is O=C(C1CCCC1)N1CCc2nc([C@H]3CCNC3)ncc2C1. The van der Waals surface area contributed by atoms with Gasteiger partial charge in [-0.25, -0.2) is 9.97 Å². The van der Waals surface area contributed by atoms with Crippen LogP contribution < -0.4 is 5.32 Å². The summed E-state index contributed by atoms with van der Waals surface area (Å²) in [6.07, 6.45) is 8.54. The van der Waals surface area contributed by atoms with E-state index in [2.05, 4.69) is 10.3 Å². The van der Waals surface area contributed by atoms with Crippen LogP contribution in [0.4, 0.5) is 0 Å². The lowest BCUT2D eigenvalue weighted by Crippen LogP contribution is -2.39. The fourth-order valence-electron chi connectivity index (χ4n) is 4.02. The monoisotopic (exact) mass is 300 g/mol. The molecule has 4 rings (SSSR count). The van der Waals surface area contributed by atoms with E-state index in [0.29, 0.717) is 18.4 Å². The van der Waals surface area contributed by atoms with Crippen LogP contribution in [0.2, 0.25) is 0 Å². The maximum atomic E-state index is 12.6. The Balaban J connectivity index is 1.48. The minimum absolute atomic E-state index is 0.270. The van der Waals surface area contributed by atoms with Crippen molar-refractivity contribution in [1.82, 2.24) is 20.2 Å². The largest absolute Gasteiger partial charge is 0.338 e. The second-order valence-electron chi connectivity index (χ2n) is 6.88. The first kappa shape index (κ1) is 14.1. The molecule has 1 aliphatic carbocycles. The van der Waals surface area contributed by atoms with Crippen LogP contribution in [0.3, 0.4) is 0 Å². The normalized spacial score (nSPS) is 25.5. The summed E-state index contributed by atoms with van der Waals surface area (Å²) in [5, 5.41) is 3.37. The predicted octanol–water partition coefficient (Wildman–Crippen LogP) is 1.63. The van der Waals surface area contributed by atoms with Crippen LogP contribution in [0, 0.1) is 5.92 Å². The molecule has 5 heteroatoms. The summed E-state index contributed by atoms with van der Waals surface area (Å²) in [4.78, 5) is 24.0. The number of carbonyl (C=O) groups excluding carboxylic acids is 1. The van der Waals surface area contributed by atoms with Gasteiger partial charge in [-0.15, -0.1) is 0 Å². The average molecular weight is 300 g/mol. The van der Waals surface area contributed by atoms with Gasteiger partial charge in [-0.3, -0.25) is 4.79 Å². The second-order valence-corrected chi connectivity index (χ2v) is 6.88. The number of nitrogens with one attached hydrogen (secondary N) is 1. The van der Waals surface area contributed by atoms with Gasteiger partial charge in [0.15, 0.2) is 0 Å². The summed E-state index contributed by atoms with van der Waals surface area (Å²) in [5.74, 6) is 2.07. The van der Waals surface area contributed by atoms with E-state index in [1.54, 1.807) is 0 Å². The summed E-state index contributed by atoms with van der Waals surface area (Å²) in [6.45, 7) is 3.58. The number of fused-ring (bicyclic) bond motifs is 1. The van der Waals surface area contributed by atoms with Crippen molar-refractivity contribution in [1.29, 1.82) is 0 Å². The molecular formula is C17H24N4O. The molecule has 1 saturated carbocycles. The Kier molecular flexibility index (Phi) is 3.82. The highest BCUT2D eigenvalue weighted by atomic mass is 16.2. The van der Waals surface area contributed by atoms with Gasteiger partial charge in [0.2, 0.25) is 5.91 Å². The van der Waals surface area contributed by atoms with Gasteiger partial charge in [-0.2, -0.15) is 0 Å². The van der Waals surface area contributed by atoms with E-state index in [4.69, 9.17) is 4.98 Å². The topological polar surface area (TPSA) is 58.1 Å². The number of nitrogens with zero attached hydrogens (tertiary/aromatic N) is 3. The third-order valence-corrected chi connectivity index (χ3v) is 5.39. The van der Waals surface area contributed by atoms with Gasteiger partial charge >= 0.3 is 0 Å². The molecule has 1 amide bonds. The number of rotatable bonds is 2. The van der Waals surface area contributed by atoms with Crippen LogP contribution in [0.1, 0.15) is 55.1 Å². The van der Waals surface area contributed by atoms with Gasteiger partial charge in [0.1, 0.15) is 5.82 Å². The summed E-state index contributed by atoms with van der Waals surface area (Å²) in [5.41, 5.74) is 2.31. The minimum atomic E-state index is 0.270. The van der Waals surface area contributed by atoms with Crippen molar-refractivity contribution in [2.45, 2.75) is 51.0 Å². The number of amides is 1. The fraction of sp³-hybridized carbons (Fsp3) is 0.706. The third kappa shape index (κ3) is 2.62. The van der Waals surface area contributed by atoms with E-state index < -0.39 is 0 Å². The van der Waals surface area contributed by atoms with Crippen LogP contribution >= 0.6 is 0 Å². The Morgan fingerprint density at radius 3 is 2.91 bits per heavy atom. The molecule has 2 fully saturated rings.